The quantitative estimate of drug-likeness (QED) is 0.850. The summed E-state index contributed by atoms with van der Waals surface area (Å²) in [5, 5.41) is 8.98. The zero-order valence-corrected chi connectivity index (χ0v) is 12.4. The van der Waals surface area contributed by atoms with Crippen LogP contribution in [0.25, 0.3) is 0 Å². The molecule has 2 saturated heterocycles. The molecule has 2 aliphatic heterocycles. The zero-order valence-electron chi connectivity index (χ0n) is 12.4. The molecular formula is C15H26N2O3. The number of carboxylic acids is 1. The number of piperidine rings is 2. The molecule has 1 amide bonds. The summed E-state index contributed by atoms with van der Waals surface area (Å²) in [5.41, 5.74) is 0. The predicted molar refractivity (Wildman–Crippen MR) is 76.4 cm³/mol. The van der Waals surface area contributed by atoms with Crippen LogP contribution in [0.3, 0.4) is 0 Å². The van der Waals surface area contributed by atoms with E-state index in [-0.39, 0.29) is 18.4 Å². The SMILES string of the molecule is CC1CCCN(C(=O)CN2CCCCC2CC(=O)O)C1. The van der Waals surface area contributed by atoms with Crippen LogP contribution < -0.4 is 0 Å². The van der Waals surface area contributed by atoms with Crippen LogP contribution >= 0.6 is 0 Å². The lowest BCUT2D eigenvalue weighted by atomic mass is 9.98. The summed E-state index contributed by atoms with van der Waals surface area (Å²) in [5.74, 6) is -0.00125. The summed E-state index contributed by atoms with van der Waals surface area (Å²) >= 11 is 0. The molecule has 2 heterocycles. The number of likely N-dealkylation sites (tertiary alicyclic amines) is 2. The molecule has 0 aromatic carbocycles. The van der Waals surface area contributed by atoms with E-state index >= 15 is 0 Å². The second-order valence-electron chi connectivity index (χ2n) is 6.31. The van der Waals surface area contributed by atoms with Crippen molar-refractivity contribution in [3.63, 3.8) is 0 Å². The van der Waals surface area contributed by atoms with Crippen molar-refractivity contribution in [3.8, 4) is 0 Å². The second kappa shape index (κ2) is 7.07. The van der Waals surface area contributed by atoms with Gasteiger partial charge in [0.2, 0.25) is 5.91 Å². The Labute approximate surface area is 120 Å². The van der Waals surface area contributed by atoms with Gasteiger partial charge in [-0.25, -0.2) is 0 Å². The van der Waals surface area contributed by atoms with E-state index in [9.17, 15) is 9.59 Å². The fraction of sp³-hybridized carbons (Fsp3) is 0.867. The summed E-state index contributed by atoms with van der Waals surface area (Å²) < 4.78 is 0. The Morgan fingerprint density at radius 3 is 2.65 bits per heavy atom. The molecule has 0 saturated carbocycles. The molecule has 20 heavy (non-hydrogen) atoms. The highest BCUT2D eigenvalue weighted by Crippen LogP contribution is 2.21. The number of carbonyl (C=O) groups excluding carboxylic acids is 1. The van der Waals surface area contributed by atoms with Crippen molar-refractivity contribution in [2.75, 3.05) is 26.2 Å². The number of hydrogen-bond donors (Lipinski definition) is 1. The van der Waals surface area contributed by atoms with Crippen LogP contribution in [-0.4, -0.2) is 59.0 Å². The number of nitrogens with zero attached hydrogens (tertiary/aromatic N) is 2. The first-order valence-electron chi connectivity index (χ1n) is 7.80. The molecule has 2 atom stereocenters. The number of aliphatic carboxylic acids is 1. The highest BCUT2D eigenvalue weighted by molar-refractivity contribution is 5.78. The summed E-state index contributed by atoms with van der Waals surface area (Å²) in [6.45, 7) is 5.15. The van der Waals surface area contributed by atoms with Gasteiger partial charge in [-0.3, -0.25) is 14.5 Å². The Morgan fingerprint density at radius 2 is 1.95 bits per heavy atom. The van der Waals surface area contributed by atoms with E-state index in [4.69, 9.17) is 5.11 Å². The molecule has 1 N–H and O–H groups in total. The van der Waals surface area contributed by atoms with Crippen molar-refractivity contribution >= 4 is 11.9 Å². The lowest BCUT2D eigenvalue weighted by molar-refractivity contribution is -0.141. The van der Waals surface area contributed by atoms with Crippen molar-refractivity contribution in [3.05, 3.63) is 0 Å². The van der Waals surface area contributed by atoms with Crippen LogP contribution in [0.15, 0.2) is 0 Å². The molecular weight excluding hydrogens is 256 g/mol. The fourth-order valence-corrected chi connectivity index (χ4v) is 3.39. The van der Waals surface area contributed by atoms with Crippen LogP contribution in [0.5, 0.6) is 0 Å². The third-order valence-electron chi connectivity index (χ3n) is 4.51. The molecule has 0 aliphatic carbocycles. The first-order valence-corrected chi connectivity index (χ1v) is 7.80. The number of carbonyl (C=O) groups is 2. The topological polar surface area (TPSA) is 60.9 Å². The van der Waals surface area contributed by atoms with Gasteiger partial charge >= 0.3 is 5.97 Å². The van der Waals surface area contributed by atoms with Crippen LogP contribution in [0.1, 0.15) is 45.4 Å². The Balaban J connectivity index is 1.88. The molecule has 0 radical (unpaired) electrons. The molecule has 114 valence electrons. The standard InChI is InChI=1S/C15H26N2O3/c1-12-5-4-8-17(10-12)14(18)11-16-7-3-2-6-13(16)9-15(19)20/h12-13H,2-11H2,1H3,(H,19,20). The first-order chi connectivity index (χ1) is 9.56. The van der Waals surface area contributed by atoms with Gasteiger partial charge in [-0.05, 0) is 38.1 Å². The number of carboxylic acid groups (broad SMARTS) is 1. The van der Waals surface area contributed by atoms with Gasteiger partial charge in [0.1, 0.15) is 0 Å². The minimum atomic E-state index is -0.763. The van der Waals surface area contributed by atoms with Gasteiger partial charge in [0.05, 0.1) is 13.0 Å². The Morgan fingerprint density at radius 1 is 1.15 bits per heavy atom. The molecule has 5 nitrogen and oxygen atoms in total. The number of hydrogen-bond acceptors (Lipinski definition) is 3. The van der Waals surface area contributed by atoms with Crippen molar-refractivity contribution in [1.82, 2.24) is 9.80 Å². The summed E-state index contributed by atoms with van der Waals surface area (Å²) in [6.07, 6.45) is 5.49. The Hall–Kier alpha value is -1.10. The highest BCUT2D eigenvalue weighted by Gasteiger charge is 2.28. The Bertz CT molecular complexity index is 359. The summed E-state index contributed by atoms with van der Waals surface area (Å²) in [4.78, 5) is 27.3. The minimum Gasteiger partial charge on any atom is -0.481 e. The predicted octanol–water partition coefficient (Wildman–Crippen LogP) is 1.57. The molecule has 2 aliphatic rings. The van der Waals surface area contributed by atoms with Gasteiger partial charge in [0, 0.05) is 19.1 Å². The molecule has 0 aromatic heterocycles. The van der Waals surface area contributed by atoms with E-state index in [1.807, 2.05) is 4.90 Å². The minimum absolute atomic E-state index is 0.0346. The average Bonchev–Trinajstić information content (AvgIpc) is 2.40. The molecule has 2 unspecified atom stereocenters. The Kier molecular flexibility index (Phi) is 5.40. The van der Waals surface area contributed by atoms with Gasteiger partial charge in [-0.15, -0.1) is 0 Å². The van der Waals surface area contributed by atoms with Crippen molar-refractivity contribution < 1.29 is 14.7 Å². The first kappa shape index (κ1) is 15.3. The number of amides is 1. The van der Waals surface area contributed by atoms with Crippen LogP contribution in [0, 0.1) is 5.92 Å². The summed E-state index contributed by atoms with van der Waals surface area (Å²) in [7, 11) is 0. The fourth-order valence-electron chi connectivity index (χ4n) is 3.39. The van der Waals surface area contributed by atoms with E-state index in [0.29, 0.717) is 12.5 Å². The molecule has 0 spiro atoms. The third kappa shape index (κ3) is 4.20. The maximum Gasteiger partial charge on any atom is 0.304 e. The normalized spacial score (nSPS) is 28.4. The molecule has 2 rings (SSSR count). The van der Waals surface area contributed by atoms with Gasteiger partial charge in [-0.2, -0.15) is 0 Å². The van der Waals surface area contributed by atoms with Gasteiger partial charge < -0.3 is 10.0 Å². The van der Waals surface area contributed by atoms with Crippen LogP contribution in [0.4, 0.5) is 0 Å². The highest BCUT2D eigenvalue weighted by atomic mass is 16.4. The maximum absolute atomic E-state index is 12.4. The van der Waals surface area contributed by atoms with Crippen molar-refractivity contribution in [1.29, 1.82) is 0 Å². The smallest absolute Gasteiger partial charge is 0.304 e. The van der Waals surface area contributed by atoms with E-state index in [1.54, 1.807) is 0 Å². The lowest BCUT2D eigenvalue weighted by Crippen LogP contribution is -2.49. The molecule has 0 aromatic rings. The van der Waals surface area contributed by atoms with E-state index < -0.39 is 5.97 Å². The summed E-state index contributed by atoms with van der Waals surface area (Å²) in [6, 6.07) is 0.0346. The van der Waals surface area contributed by atoms with Crippen molar-refractivity contribution in [2.24, 2.45) is 5.92 Å². The van der Waals surface area contributed by atoms with Gasteiger partial charge in [0.15, 0.2) is 0 Å². The second-order valence-corrected chi connectivity index (χ2v) is 6.31. The zero-order chi connectivity index (χ0) is 14.5. The third-order valence-corrected chi connectivity index (χ3v) is 4.51. The van der Waals surface area contributed by atoms with Gasteiger partial charge in [0.25, 0.3) is 0 Å². The monoisotopic (exact) mass is 282 g/mol. The molecule has 2 fully saturated rings. The van der Waals surface area contributed by atoms with Crippen LogP contribution in [0.2, 0.25) is 0 Å². The molecule has 5 heteroatoms. The number of rotatable bonds is 4. The lowest BCUT2D eigenvalue weighted by Gasteiger charge is -2.37. The average molecular weight is 282 g/mol. The largest absolute Gasteiger partial charge is 0.481 e. The van der Waals surface area contributed by atoms with E-state index in [0.717, 1.165) is 45.3 Å². The van der Waals surface area contributed by atoms with Gasteiger partial charge in [-0.1, -0.05) is 13.3 Å². The van der Waals surface area contributed by atoms with Crippen LogP contribution in [-0.2, 0) is 9.59 Å². The van der Waals surface area contributed by atoms with E-state index in [1.165, 1.54) is 6.42 Å². The molecule has 0 bridgehead atoms. The van der Waals surface area contributed by atoms with Crippen molar-refractivity contribution in [2.45, 2.75) is 51.5 Å². The van der Waals surface area contributed by atoms with E-state index in [2.05, 4.69) is 11.8 Å². The maximum atomic E-state index is 12.4.